The number of nitrogens with zero attached hydrogens (tertiary/aromatic N) is 1. The third kappa shape index (κ3) is 2.96. The van der Waals surface area contributed by atoms with E-state index in [1.165, 1.54) is 6.07 Å². The van der Waals surface area contributed by atoms with Crippen LogP contribution in [-0.4, -0.2) is 47.0 Å². The number of aromatic nitrogens is 1. The summed E-state index contributed by atoms with van der Waals surface area (Å²) < 4.78 is 19.9. The number of rotatable bonds is 3. The molecule has 26 heavy (non-hydrogen) atoms. The second kappa shape index (κ2) is 6.72. The Balaban J connectivity index is 1.42. The molecule has 2 aliphatic heterocycles. The van der Waals surface area contributed by atoms with Crippen molar-refractivity contribution in [2.45, 2.75) is 37.9 Å². The maximum absolute atomic E-state index is 14.1. The molecule has 0 spiro atoms. The summed E-state index contributed by atoms with van der Waals surface area (Å²) in [7, 11) is 0. The molecule has 2 aliphatic rings. The SMILES string of the molecule is NC(=O)[C@H]1CC[C@@H](C2CCN(C(=O)c3c[nH]c4cccc(F)c34)CC2)O1. The molecule has 0 aliphatic carbocycles. The van der Waals surface area contributed by atoms with Gasteiger partial charge in [0.1, 0.15) is 11.9 Å². The van der Waals surface area contributed by atoms with Gasteiger partial charge in [0.15, 0.2) is 0 Å². The predicted molar refractivity (Wildman–Crippen MR) is 94.0 cm³/mol. The largest absolute Gasteiger partial charge is 0.367 e. The zero-order valence-corrected chi connectivity index (χ0v) is 14.4. The van der Waals surface area contributed by atoms with E-state index >= 15 is 0 Å². The van der Waals surface area contributed by atoms with Crippen molar-refractivity contribution in [3.8, 4) is 0 Å². The fourth-order valence-electron chi connectivity index (χ4n) is 4.17. The highest BCUT2D eigenvalue weighted by Gasteiger charge is 2.36. The first-order valence-electron chi connectivity index (χ1n) is 9.04. The van der Waals surface area contributed by atoms with E-state index in [0.29, 0.717) is 41.9 Å². The van der Waals surface area contributed by atoms with Crippen LogP contribution in [0.3, 0.4) is 0 Å². The van der Waals surface area contributed by atoms with E-state index in [4.69, 9.17) is 10.5 Å². The number of H-pyrrole nitrogens is 1. The third-order valence-electron chi connectivity index (χ3n) is 5.61. The first kappa shape index (κ1) is 17.0. The van der Waals surface area contributed by atoms with E-state index in [0.717, 1.165) is 19.3 Å². The summed E-state index contributed by atoms with van der Waals surface area (Å²) in [6.45, 7) is 1.21. The fourth-order valence-corrected chi connectivity index (χ4v) is 4.17. The van der Waals surface area contributed by atoms with E-state index in [1.807, 2.05) is 0 Å². The lowest BCUT2D eigenvalue weighted by molar-refractivity contribution is -0.130. The smallest absolute Gasteiger partial charge is 0.256 e. The number of primary amides is 1. The number of fused-ring (bicyclic) bond motifs is 1. The lowest BCUT2D eigenvalue weighted by Crippen LogP contribution is -2.41. The van der Waals surface area contributed by atoms with Crippen LogP contribution in [0, 0.1) is 11.7 Å². The van der Waals surface area contributed by atoms with Crippen molar-refractivity contribution in [1.29, 1.82) is 0 Å². The summed E-state index contributed by atoms with van der Waals surface area (Å²) >= 11 is 0. The molecule has 2 saturated heterocycles. The summed E-state index contributed by atoms with van der Waals surface area (Å²) in [6, 6.07) is 4.74. The summed E-state index contributed by atoms with van der Waals surface area (Å²) in [5.74, 6) is -0.620. The zero-order valence-electron chi connectivity index (χ0n) is 14.4. The molecule has 0 radical (unpaired) electrons. The van der Waals surface area contributed by atoms with Crippen molar-refractivity contribution in [2.24, 2.45) is 11.7 Å². The minimum atomic E-state index is -0.478. The molecule has 2 atom stereocenters. The normalized spacial score (nSPS) is 24.3. The molecule has 1 aromatic carbocycles. The molecule has 0 unspecified atom stereocenters. The van der Waals surface area contributed by atoms with Gasteiger partial charge in [-0.05, 0) is 43.7 Å². The standard InChI is InChI=1S/C19H22FN3O3/c20-13-2-1-3-14-17(13)12(10-22-14)19(25)23-8-6-11(7-9-23)15-4-5-16(26-15)18(21)24/h1-3,10-11,15-16,22H,4-9H2,(H2,21,24)/t15-,16+/m0/s1. The van der Waals surface area contributed by atoms with E-state index < -0.39 is 12.0 Å². The Bertz CT molecular complexity index is 842. The van der Waals surface area contributed by atoms with Crippen molar-refractivity contribution >= 4 is 22.7 Å². The van der Waals surface area contributed by atoms with Crippen LogP contribution in [-0.2, 0) is 9.53 Å². The minimum absolute atomic E-state index is 0.0373. The maximum Gasteiger partial charge on any atom is 0.256 e. The van der Waals surface area contributed by atoms with Gasteiger partial charge in [-0.25, -0.2) is 4.39 Å². The molecule has 2 amide bonds. The number of piperidine rings is 1. The number of carbonyl (C=O) groups is 2. The van der Waals surface area contributed by atoms with Gasteiger partial charge in [-0.2, -0.15) is 0 Å². The number of likely N-dealkylation sites (tertiary alicyclic amines) is 1. The van der Waals surface area contributed by atoms with Gasteiger partial charge in [0, 0.05) is 30.2 Å². The molecular formula is C19H22FN3O3. The van der Waals surface area contributed by atoms with Gasteiger partial charge >= 0.3 is 0 Å². The number of benzene rings is 1. The molecule has 0 bridgehead atoms. The summed E-state index contributed by atoms with van der Waals surface area (Å²) in [4.78, 5) is 28.8. The monoisotopic (exact) mass is 359 g/mol. The first-order valence-corrected chi connectivity index (χ1v) is 9.04. The number of halogens is 1. The molecule has 2 fully saturated rings. The van der Waals surface area contributed by atoms with Gasteiger partial charge in [0.2, 0.25) is 5.91 Å². The molecule has 2 aromatic rings. The minimum Gasteiger partial charge on any atom is -0.367 e. The van der Waals surface area contributed by atoms with Crippen LogP contribution >= 0.6 is 0 Å². The lowest BCUT2D eigenvalue weighted by atomic mass is 9.89. The van der Waals surface area contributed by atoms with Crippen LogP contribution in [0.2, 0.25) is 0 Å². The number of ether oxygens (including phenoxy) is 1. The van der Waals surface area contributed by atoms with Crippen molar-refractivity contribution in [2.75, 3.05) is 13.1 Å². The van der Waals surface area contributed by atoms with E-state index in [9.17, 15) is 14.0 Å². The number of hydrogen-bond donors (Lipinski definition) is 2. The molecule has 3 heterocycles. The lowest BCUT2D eigenvalue weighted by Gasteiger charge is -2.34. The van der Waals surface area contributed by atoms with Crippen molar-refractivity contribution in [1.82, 2.24) is 9.88 Å². The van der Waals surface area contributed by atoms with Crippen LogP contribution in [0.25, 0.3) is 10.9 Å². The van der Waals surface area contributed by atoms with Crippen molar-refractivity contribution in [3.05, 3.63) is 35.8 Å². The van der Waals surface area contributed by atoms with Gasteiger partial charge in [0.25, 0.3) is 5.91 Å². The van der Waals surface area contributed by atoms with Gasteiger partial charge in [-0.1, -0.05) is 6.07 Å². The van der Waals surface area contributed by atoms with Crippen LogP contribution in [0.4, 0.5) is 4.39 Å². The summed E-state index contributed by atoms with van der Waals surface area (Å²) in [5.41, 5.74) is 6.32. The van der Waals surface area contributed by atoms with Crippen LogP contribution in [0.15, 0.2) is 24.4 Å². The number of carbonyl (C=O) groups excluding carboxylic acids is 2. The average molecular weight is 359 g/mol. The molecule has 3 N–H and O–H groups in total. The van der Waals surface area contributed by atoms with Crippen LogP contribution < -0.4 is 5.73 Å². The molecule has 4 rings (SSSR count). The second-order valence-electron chi connectivity index (χ2n) is 7.14. The zero-order chi connectivity index (χ0) is 18.3. The Morgan fingerprint density at radius 3 is 2.65 bits per heavy atom. The van der Waals surface area contributed by atoms with Gasteiger partial charge < -0.3 is 20.4 Å². The first-order chi connectivity index (χ1) is 12.5. The number of nitrogens with one attached hydrogen (secondary N) is 1. The molecule has 6 nitrogen and oxygen atoms in total. The maximum atomic E-state index is 14.1. The van der Waals surface area contributed by atoms with Gasteiger partial charge in [0.05, 0.1) is 11.7 Å². The topological polar surface area (TPSA) is 88.4 Å². The van der Waals surface area contributed by atoms with E-state index in [2.05, 4.69) is 4.98 Å². The number of amides is 2. The molecule has 138 valence electrons. The predicted octanol–water partition coefficient (Wildman–Crippen LogP) is 2.19. The Hall–Kier alpha value is -2.41. The number of hydrogen-bond acceptors (Lipinski definition) is 3. The molecule has 1 aromatic heterocycles. The number of aromatic amines is 1. The average Bonchev–Trinajstić information content (AvgIpc) is 3.29. The van der Waals surface area contributed by atoms with E-state index in [1.54, 1.807) is 23.2 Å². The molecular weight excluding hydrogens is 337 g/mol. The van der Waals surface area contributed by atoms with Crippen molar-refractivity contribution in [3.63, 3.8) is 0 Å². The highest BCUT2D eigenvalue weighted by atomic mass is 19.1. The second-order valence-corrected chi connectivity index (χ2v) is 7.14. The Morgan fingerprint density at radius 2 is 1.96 bits per heavy atom. The summed E-state index contributed by atoms with van der Waals surface area (Å²) in [5, 5.41) is 0.350. The highest BCUT2D eigenvalue weighted by molar-refractivity contribution is 6.06. The molecule has 0 saturated carbocycles. The quantitative estimate of drug-likeness (QED) is 0.880. The third-order valence-corrected chi connectivity index (χ3v) is 5.61. The fraction of sp³-hybridized carbons (Fsp3) is 0.474. The number of nitrogens with two attached hydrogens (primary N) is 1. The van der Waals surface area contributed by atoms with E-state index in [-0.39, 0.29) is 17.8 Å². The van der Waals surface area contributed by atoms with Crippen LogP contribution in [0.5, 0.6) is 0 Å². The van der Waals surface area contributed by atoms with Crippen LogP contribution in [0.1, 0.15) is 36.0 Å². The van der Waals surface area contributed by atoms with Gasteiger partial charge in [-0.15, -0.1) is 0 Å². The summed E-state index contributed by atoms with van der Waals surface area (Å²) in [6.07, 6.45) is 4.27. The Morgan fingerprint density at radius 1 is 1.19 bits per heavy atom. The van der Waals surface area contributed by atoms with Crippen molar-refractivity contribution < 1.29 is 18.7 Å². The molecule has 7 heteroatoms. The highest BCUT2D eigenvalue weighted by Crippen LogP contribution is 2.32. The Labute approximate surface area is 150 Å². The Kier molecular flexibility index (Phi) is 4.40. The van der Waals surface area contributed by atoms with Gasteiger partial charge in [-0.3, -0.25) is 9.59 Å².